The smallest absolute Gasteiger partial charge is 0.203 e. The third kappa shape index (κ3) is 5.13. The van der Waals surface area contributed by atoms with Gasteiger partial charge in [-0.1, -0.05) is 72.8 Å². The maximum absolute atomic E-state index is 13.6. The van der Waals surface area contributed by atoms with Gasteiger partial charge in [0.25, 0.3) is 0 Å². The van der Waals surface area contributed by atoms with E-state index in [-0.39, 0.29) is 10.6 Å². The molecule has 4 aromatic rings. The summed E-state index contributed by atoms with van der Waals surface area (Å²) in [6, 6.07) is 29.2. The molecule has 0 bridgehead atoms. The summed E-state index contributed by atoms with van der Waals surface area (Å²) >= 11 is 0. The van der Waals surface area contributed by atoms with Gasteiger partial charge < -0.3 is 14.2 Å². The number of para-hydroxylation sites is 2. The van der Waals surface area contributed by atoms with Crippen LogP contribution in [0.5, 0.6) is 23.0 Å². The van der Waals surface area contributed by atoms with Gasteiger partial charge in [0, 0.05) is 5.41 Å². The van der Waals surface area contributed by atoms with Crippen LogP contribution in [-0.2, 0) is 9.84 Å². The average Bonchev–Trinajstić information content (AvgIpc) is 2.89. The van der Waals surface area contributed by atoms with Crippen LogP contribution in [0.4, 0.5) is 0 Å². The molecule has 0 saturated carbocycles. The van der Waals surface area contributed by atoms with Crippen LogP contribution in [0.25, 0.3) is 17.2 Å². The van der Waals surface area contributed by atoms with Crippen LogP contribution in [-0.4, -0.2) is 22.6 Å². The van der Waals surface area contributed by atoms with E-state index in [1.807, 2.05) is 66.7 Å². The summed E-state index contributed by atoms with van der Waals surface area (Å²) in [6.45, 7) is 0. The summed E-state index contributed by atoms with van der Waals surface area (Å²) in [4.78, 5) is -0.0104. The molecule has 6 heteroatoms. The van der Waals surface area contributed by atoms with Crippen LogP contribution >= 0.6 is 0 Å². The van der Waals surface area contributed by atoms with Crippen molar-refractivity contribution in [3.05, 3.63) is 108 Å². The molecule has 0 unspecified atom stereocenters. The molecule has 0 aliphatic rings. The predicted octanol–water partition coefficient (Wildman–Crippen LogP) is 6.61. The van der Waals surface area contributed by atoms with Gasteiger partial charge in [0.15, 0.2) is 23.0 Å². The van der Waals surface area contributed by atoms with Crippen LogP contribution in [0.1, 0.15) is 5.56 Å². The van der Waals surface area contributed by atoms with E-state index in [2.05, 4.69) is 0 Å². The molecule has 0 heterocycles. The lowest BCUT2D eigenvalue weighted by Crippen LogP contribution is -2.03. The minimum Gasteiger partial charge on any atom is -0.493 e. The van der Waals surface area contributed by atoms with E-state index in [1.165, 1.54) is 19.6 Å². The molecule has 0 fully saturated rings. The summed E-state index contributed by atoms with van der Waals surface area (Å²) in [7, 11) is -0.911. The van der Waals surface area contributed by atoms with Crippen molar-refractivity contribution in [3.63, 3.8) is 0 Å². The number of methoxy groups -OCH3 is 2. The van der Waals surface area contributed by atoms with Gasteiger partial charge in [-0.15, -0.1) is 0 Å². The normalized spacial score (nSPS) is 11.4. The highest BCUT2D eigenvalue weighted by Crippen LogP contribution is 2.44. The molecule has 0 aromatic heterocycles. The van der Waals surface area contributed by atoms with Gasteiger partial charge in [-0.2, -0.15) is 0 Å². The lowest BCUT2D eigenvalue weighted by atomic mass is 10.1. The predicted molar refractivity (Wildman–Crippen MR) is 134 cm³/mol. The second kappa shape index (κ2) is 10.3. The maximum Gasteiger partial charge on any atom is 0.203 e. The molecular weight excluding hydrogens is 448 g/mol. The highest BCUT2D eigenvalue weighted by Gasteiger charge is 2.24. The molecule has 5 nitrogen and oxygen atoms in total. The standard InChI is InChI=1S/C28H24O5S/c1-31-24-15-9-10-16-25(24)33-28-26(32-2)19-23(22-13-7-4-8-14-22)20-27(28)34(29,30)18-17-21-11-5-3-6-12-21/h3-20H,1-2H3/b18-17+. The fraction of sp³-hybridized carbons (Fsp3) is 0.0714. The largest absolute Gasteiger partial charge is 0.493 e. The number of rotatable bonds is 8. The van der Waals surface area contributed by atoms with E-state index >= 15 is 0 Å². The van der Waals surface area contributed by atoms with Crippen LogP contribution in [0.15, 0.2) is 107 Å². The Morgan fingerprint density at radius 1 is 0.647 bits per heavy atom. The third-order valence-electron chi connectivity index (χ3n) is 5.17. The number of hydrogen-bond donors (Lipinski definition) is 0. The molecule has 0 atom stereocenters. The second-order valence-corrected chi connectivity index (χ2v) is 9.19. The summed E-state index contributed by atoms with van der Waals surface area (Å²) in [6.07, 6.45) is 1.56. The Kier molecular flexibility index (Phi) is 6.99. The van der Waals surface area contributed by atoms with Gasteiger partial charge in [-0.3, -0.25) is 0 Å². The van der Waals surface area contributed by atoms with E-state index in [1.54, 1.807) is 36.4 Å². The SMILES string of the molecule is COc1ccccc1Oc1c(OC)cc(-c2ccccc2)cc1S(=O)(=O)/C=C/c1ccccc1. The van der Waals surface area contributed by atoms with Gasteiger partial charge in [-0.05, 0) is 47.0 Å². The van der Waals surface area contributed by atoms with Gasteiger partial charge in [0.2, 0.25) is 9.84 Å². The first kappa shape index (κ1) is 23.1. The molecule has 0 N–H and O–H groups in total. The van der Waals surface area contributed by atoms with E-state index in [4.69, 9.17) is 14.2 Å². The fourth-order valence-electron chi connectivity index (χ4n) is 3.46. The first-order chi connectivity index (χ1) is 16.5. The number of hydrogen-bond acceptors (Lipinski definition) is 5. The Labute approximate surface area is 199 Å². The molecular formula is C28H24O5S. The molecule has 0 aliphatic heterocycles. The Hall–Kier alpha value is -4.03. The van der Waals surface area contributed by atoms with Gasteiger partial charge in [0.05, 0.1) is 14.2 Å². The van der Waals surface area contributed by atoms with E-state index in [0.29, 0.717) is 22.8 Å². The highest BCUT2D eigenvalue weighted by atomic mass is 32.2. The zero-order valence-corrected chi connectivity index (χ0v) is 19.7. The van der Waals surface area contributed by atoms with Crippen molar-refractivity contribution in [2.24, 2.45) is 0 Å². The van der Waals surface area contributed by atoms with Gasteiger partial charge in [-0.25, -0.2) is 8.42 Å². The van der Waals surface area contributed by atoms with Crippen molar-refractivity contribution in [2.45, 2.75) is 4.90 Å². The van der Waals surface area contributed by atoms with Crippen molar-refractivity contribution >= 4 is 15.9 Å². The minimum absolute atomic E-state index is 0.0104. The third-order valence-corrected chi connectivity index (χ3v) is 6.59. The molecule has 4 rings (SSSR count). The minimum atomic E-state index is -3.92. The van der Waals surface area contributed by atoms with Crippen molar-refractivity contribution in [1.29, 1.82) is 0 Å². The summed E-state index contributed by atoms with van der Waals surface area (Å²) in [5.74, 6) is 1.22. The van der Waals surface area contributed by atoms with Crippen molar-refractivity contribution in [3.8, 4) is 34.1 Å². The zero-order valence-electron chi connectivity index (χ0n) is 18.8. The monoisotopic (exact) mass is 472 g/mol. The van der Waals surface area contributed by atoms with E-state index in [0.717, 1.165) is 11.1 Å². The molecule has 0 amide bonds. The van der Waals surface area contributed by atoms with Crippen molar-refractivity contribution in [2.75, 3.05) is 14.2 Å². The topological polar surface area (TPSA) is 61.8 Å². The van der Waals surface area contributed by atoms with E-state index in [9.17, 15) is 8.42 Å². The highest BCUT2D eigenvalue weighted by molar-refractivity contribution is 7.94. The summed E-state index contributed by atoms with van der Waals surface area (Å²) in [5, 5.41) is 1.18. The van der Waals surface area contributed by atoms with Crippen molar-refractivity contribution in [1.82, 2.24) is 0 Å². The number of sulfone groups is 1. The number of benzene rings is 4. The van der Waals surface area contributed by atoms with Crippen LogP contribution in [0, 0.1) is 0 Å². The first-order valence-corrected chi connectivity index (χ1v) is 12.1. The van der Waals surface area contributed by atoms with Gasteiger partial charge in [0.1, 0.15) is 4.90 Å². The van der Waals surface area contributed by atoms with Gasteiger partial charge >= 0.3 is 0 Å². The quantitative estimate of drug-likeness (QED) is 0.289. The molecule has 0 radical (unpaired) electrons. The summed E-state index contributed by atoms with van der Waals surface area (Å²) in [5.41, 5.74) is 2.31. The first-order valence-electron chi connectivity index (χ1n) is 10.6. The van der Waals surface area contributed by atoms with E-state index < -0.39 is 9.84 Å². The lowest BCUT2D eigenvalue weighted by molar-refractivity contribution is 0.351. The lowest BCUT2D eigenvalue weighted by Gasteiger charge is -2.17. The Bertz CT molecular complexity index is 1400. The molecule has 0 saturated heterocycles. The Morgan fingerprint density at radius 2 is 1.24 bits per heavy atom. The Morgan fingerprint density at radius 3 is 1.88 bits per heavy atom. The van der Waals surface area contributed by atoms with Crippen LogP contribution in [0.3, 0.4) is 0 Å². The summed E-state index contributed by atoms with van der Waals surface area (Å²) < 4.78 is 44.2. The van der Waals surface area contributed by atoms with Crippen LogP contribution < -0.4 is 14.2 Å². The zero-order chi connectivity index (χ0) is 24.0. The maximum atomic E-state index is 13.6. The molecule has 0 spiro atoms. The average molecular weight is 473 g/mol. The number of ether oxygens (including phenoxy) is 3. The fourth-order valence-corrected chi connectivity index (χ4v) is 4.63. The van der Waals surface area contributed by atoms with Crippen molar-refractivity contribution < 1.29 is 22.6 Å². The molecule has 172 valence electrons. The molecule has 34 heavy (non-hydrogen) atoms. The Balaban J connectivity index is 1.89. The van der Waals surface area contributed by atoms with Crippen LogP contribution in [0.2, 0.25) is 0 Å². The molecule has 0 aliphatic carbocycles. The second-order valence-electron chi connectivity index (χ2n) is 7.38. The molecule has 4 aromatic carbocycles.